The van der Waals surface area contributed by atoms with Gasteiger partial charge in [-0.3, -0.25) is 9.59 Å². The van der Waals surface area contributed by atoms with Gasteiger partial charge in [-0.2, -0.15) is 0 Å². The zero-order valence-electron chi connectivity index (χ0n) is 15.4. The molecule has 27 heavy (non-hydrogen) atoms. The third-order valence-electron chi connectivity index (χ3n) is 5.79. The van der Waals surface area contributed by atoms with Crippen molar-refractivity contribution in [1.82, 2.24) is 20.4 Å². The maximum Gasteiger partial charge on any atom is 0.317 e. The Morgan fingerprint density at radius 1 is 1.22 bits per heavy atom. The van der Waals surface area contributed by atoms with E-state index in [0.717, 1.165) is 30.6 Å². The van der Waals surface area contributed by atoms with E-state index >= 15 is 0 Å². The molecule has 0 aromatic carbocycles. The van der Waals surface area contributed by atoms with Gasteiger partial charge in [0.05, 0.1) is 6.54 Å². The van der Waals surface area contributed by atoms with E-state index in [-0.39, 0.29) is 30.4 Å². The highest BCUT2D eigenvalue weighted by atomic mass is 32.1. The largest absolute Gasteiger partial charge is 0.342 e. The quantitative estimate of drug-likeness (QED) is 0.817. The van der Waals surface area contributed by atoms with Crippen molar-refractivity contribution in [1.29, 1.82) is 0 Å². The van der Waals surface area contributed by atoms with Crippen molar-refractivity contribution in [3.8, 4) is 0 Å². The van der Waals surface area contributed by atoms with E-state index in [1.165, 1.54) is 6.42 Å². The van der Waals surface area contributed by atoms with Crippen LogP contribution >= 0.6 is 11.3 Å². The van der Waals surface area contributed by atoms with E-state index in [1.807, 2.05) is 17.5 Å². The first-order chi connectivity index (χ1) is 13.1. The molecule has 1 aromatic rings. The van der Waals surface area contributed by atoms with Crippen LogP contribution < -0.4 is 10.6 Å². The zero-order chi connectivity index (χ0) is 18.8. The average molecular weight is 391 g/mol. The Balaban J connectivity index is 1.36. The first-order valence-electron chi connectivity index (χ1n) is 9.80. The lowest BCUT2D eigenvalue weighted by Crippen LogP contribution is -2.70. The van der Waals surface area contributed by atoms with Crippen molar-refractivity contribution in [3.63, 3.8) is 0 Å². The van der Waals surface area contributed by atoms with Crippen LogP contribution in [0, 0.1) is 0 Å². The SMILES string of the molecule is O=C1NC(Cc2cccs2)C(=O)N2CCN(C(=O)NC3CCCCC3)CC12. The van der Waals surface area contributed by atoms with Gasteiger partial charge in [-0.05, 0) is 24.3 Å². The lowest BCUT2D eigenvalue weighted by Gasteiger charge is -2.45. The molecule has 3 aliphatic rings. The van der Waals surface area contributed by atoms with E-state index in [1.54, 1.807) is 21.1 Å². The molecule has 2 aliphatic heterocycles. The van der Waals surface area contributed by atoms with Crippen molar-refractivity contribution in [2.75, 3.05) is 19.6 Å². The minimum Gasteiger partial charge on any atom is -0.342 e. The lowest BCUT2D eigenvalue weighted by molar-refractivity contribution is -0.152. The maximum atomic E-state index is 12.8. The average Bonchev–Trinajstić information content (AvgIpc) is 3.19. The molecule has 146 valence electrons. The van der Waals surface area contributed by atoms with Crippen LogP contribution in [0.3, 0.4) is 0 Å². The van der Waals surface area contributed by atoms with Crippen molar-refractivity contribution < 1.29 is 14.4 Å². The van der Waals surface area contributed by atoms with Crippen LogP contribution in [-0.4, -0.2) is 65.4 Å². The number of rotatable bonds is 3. The number of carbonyl (C=O) groups is 3. The molecule has 2 N–H and O–H groups in total. The van der Waals surface area contributed by atoms with E-state index in [4.69, 9.17) is 0 Å². The third-order valence-corrected chi connectivity index (χ3v) is 6.68. The van der Waals surface area contributed by atoms with Gasteiger partial charge in [0, 0.05) is 30.4 Å². The standard InChI is InChI=1S/C19H26N4O3S/c24-17-16-12-22(19(26)20-13-5-2-1-3-6-13)8-9-23(16)18(25)15(21-17)11-14-7-4-10-27-14/h4,7,10,13,15-16H,1-3,5-6,8-9,11-12H2,(H,20,26)(H,21,24). The second-order valence-corrected chi connectivity index (χ2v) is 8.65. The number of nitrogens with zero attached hydrogens (tertiary/aromatic N) is 2. The summed E-state index contributed by atoms with van der Waals surface area (Å²) >= 11 is 1.59. The highest BCUT2D eigenvalue weighted by Crippen LogP contribution is 2.21. The summed E-state index contributed by atoms with van der Waals surface area (Å²) in [4.78, 5) is 42.4. The molecule has 7 nitrogen and oxygen atoms in total. The molecule has 1 aromatic heterocycles. The Morgan fingerprint density at radius 2 is 2.04 bits per heavy atom. The molecule has 4 amide bonds. The Labute approximate surface area is 163 Å². The van der Waals surface area contributed by atoms with Gasteiger partial charge in [0.25, 0.3) is 0 Å². The van der Waals surface area contributed by atoms with Crippen LogP contribution in [0.25, 0.3) is 0 Å². The van der Waals surface area contributed by atoms with Gasteiger partial charge in [-0.1, -0.05) is 25.3 Å². The highest BCUT2D eigenvalue weighted by Gasteiger charge is 2.44. The van der Waals surface area contributed by atoms with E-state index in [0.29, 0.717) is 19.5 Å². The number of amides is 4. The summed E-state index contributed by atoms with van der Waals surface area (Å²) in [5.74, 6) is -0.202. The molecule has 3 heterocycles. The Morgan fingerprint density at radius 3 is 2.78 bits per heavy atom. The van der Waals surface area contributed by atoms with Gasteiger partial charge >= 0.3 is 6.03 Å². The van der Waals surface area contributed by atoms with Crippen molar-refractivity contribution in [2.24, 2.45) is 0 Å². The molecule has 3 fully saturated rings. The predicted octanol–water partition coefficient (Wildman–Crippen LogP) is 1.34. The summed E-state index contributed by atoms with van der Waals surface area (Å²) in [6.45, 7) is 1.15. The Kier molecular flexibility index (Phi) is 5.33. The number of urea groups is 1. The number of carbonyl (C=O) groups excluding carboxylic acids is 3. The van der Waals surface area contributed by atoms with Gasteiger partial charge in [-0.15, -0.1) is 11.3 Å². The van der Waals surface area contributed by atoms with Gasteiger partial charge < -0.3 is 20.4 Å². The maximum absolute atomic E-state index is 12.8. The topological polar surface area (TPSA) is 81.8 Å². The second kappa shape index (κ2) is 7.88. The Bertz CT molecular complexity index is 702. The molecule has 0 radical (unpaired) electrons. The van der Waals surface area contributed by atoms with E-state index in [9.17, 15) is 14.4 Å². The number of hydrogen-bond donors (Lipinski definition) is 2. The van der Waals surface area contributed by atoms with Crippen LogP contribution in [-0.2, 0) is 16.0 Å². The van der Waals surface area contributed by atoms with Crippen molar-refractivity contribution >= 4 is 29.2 Å². The van der Waals surface area contributed by atoms with Gasteiger partial charge in [0.2, 0.25) is 11.8 Å². The minimum atomic E-state index is -0.581. The summed E-state index contributed by atoms with van der Waals surface area (Å²) in [5, 5.41) is 7.93. The van der Waals surface area contributed by atoms with Gasteiger partial charge in [-0.25, -0.2) is 4.79 Å². The fraction of sp³-hybridized carbons (Fsp3) is 0.632. The van der Waals surface area contributed by atoms with Crippen molar-refractivity contribution in [3.05, 3.63) is 22.4 Å². The third kappa shape index (κ3) is 3.95. The van der Waals surface area contributed by atoms with Crippen LogP contribution in [0.5, 0.6) is 0 Å². The monoisotopic (exact) mass is 390 g/mol. The number of thiophene rings is 1. The summed E-state index contributed by atoms with van der Waals surface area (Å²) in [7, 11) is 0. The number of piperazine rings is 2. The molecule has 4 rings (SSSR count). The molecule has 0 spiro atoms. The normalized spacial score (nSPS) is 26.5. The molecule has 0 bridgehead atoms. The number of hydrogen-bond acceptors (Lipinski definition) is 4. The Hall–Kier alpha value is -2.09. The molecule has 1 saturated carbocycles. The fourth-order valence-corrected chi connectivity index (χ4v) is 5.02. The summed E-state index contributed by atoms with van der Waals surface area (Å²) in [6.07, 6.45) is 6.13. The number of nitrogens with one attached hydrogen (secondary N) is 2. The second-order valence-electron chi connectivity index (χ2n) is 7.62. The molecular formula is C19H26N4O3S. The highest BCUT2D eigenvalue weighted by molar-refractivity contribution is 7.09. The molecule has 1 aliphatic carbocycles. The van der Waals surface area contributed by atoms with Crippen LogP contribution in [0.1, 0.15) is 37.0 Å². The van der Waals surface area contributed by atoms with E-state index < -0.39 is 12.1 Å². The first-order valence-corrected chi connectivity index (χ1v) is 10.7. The molecule has 2 unspecified atom stereocenters. The predicted molar refractivity (Wildman–Crippen MR) is 102 cm³/mol. The fourth-order valence-electron chi connectivity index (χ4n) is 4.27. The summed E-state index contributed by atoms with van der Waals surface area (Å²) in [5.41, 5.74) is 0. The van der Waals surface area contributed by atoms with E-state index in [2.05, 4.69) is 10.6 Å². The summed E-state index contributed by atoms with van der Waals surface area (Å²) < 4.78 is 0. The van der Waals surface area contributed by atoms with Gasteiger partial charge in [0.15, 0.2) is 0 Å². The number of fused-ring (bicyclic) bond motifs is 1. The van der Waals surface area contributed by atoms with Crippen molar-refractivity contribution in [2.45, 2.75) is 56.7 Å². The minimum absolute atomic E-state index is 0.0414. The smallest absolute Gasteiger partial charge is 0.317 e. The summed E-state index contributed by atoms with van der Waals surface area (Å²) in [6, 6.07) is 2.97. The zero-order valence-corrected chi connectivity index (χ0v) is 16.2. The van der Waals surface area contributed by atoms with Gasteiger partial charge in [0.1, 0.15) is 12.1 Å². The lowest BCUT2D eigenvalue weighted by atomic mass is 9.95. The molecule has 8 heteroatoms. The molecule has 2 atom stereocenters. The molecule has 2 saturated heterocycles. The molecular weight excluding hydrogens is 364 g/mol. The van der Waals surface area contributed by atoms with Crippen LogP contribution in [0.15, 0.2) is 17.5 Å². The first kappa shape index (κ1) is 18.3. The van der Waals surface area contributed by atoms with Crippen LogP contribution in [0.2, 0.25) is 0 Å². The van der Waals surface area contributed by atoms with Crippen LogP contribution in [0.4, 0.5) is 4.79 Å².